The zero-order valence-electron chi connectivity index (χ0n) is 13.8. The van der Waals surface area contributed by atoms with Gasteiger partial charge >= 0.3 is 11.9 Å². The fraction of sp³-hybridized carbons (Fsp3) is 0.556. The van der Waals surface area contributed by atoms with E-state index in [0.29, 0.717) is 6.42 Å². The number of nitrogens with two attached hydrogens (primary N) is 1. The van der Waals surface area contributed by atoms with Crippen LogP contribution in [-0.4, -0.2) is 17.0 Å². The van der Waals surface area contributed by atoms with E-state index in [0.717, 1.165) is 18.4 Å². The molecule has 5 nitrogen and oxygen atoms in total. The second-order valence-electron chi connectivity index (χ2n) is 5.83. The molecule has 0 aliphatic rings. The molecule has 23 heavy (non-hydrogen) atoms. The van der Waals surface area contributed by atoms with Gasteiger partial charge in [-0.25, -0.2) is 9.59 Å². The lowest BCUT2D eigenvalue weighted by Gasteiger charge is -2.14. The van der Waals surface area contributed by atoms with E-state index in [1.165, 1.54) is 44.2 Å². The van der Waals surface area contributed by atoms with Crippen LogP contribution >= 0.6 is 0 Å². The van der Waals surface area contributed by atoms with E-state index < -0.39 is 17.9 Å². The molecule has 0 heterocycles. The van der Waals surface area contributed by atoms with Gasteiger partial charge in [-0.05, 0) is 24.1 Å². The summed E-state index contributed by atoms with van der Waals surface area (Å²) < 4.78 is 0. The van der Waals surface area contributed by atoms with Gasteiger partial charge in [0.15, 0.2) is 0 Å². The van der Waals surface area contributed by atoms with Crippen LogP contribution in [0.2, 0.25) is 0 Å². The average molecular weight is 321 g/mol. The van der Waals surface area contributed by atoms with Crippen LogP contribution in [0.4, 0.5) is 0 Å². The van der Waals surface area contributed by atoms with Gasteiger partial charge in [-0.15, -0.1) is 0 Å². The first-order chi connectivity index (χ1) is 11.1. The fourth-order valence-corrected chi connectivity index (χ4v) is 2.67. The van der Waals surface area contributed by atoms with Crippen molar-refractivity contribution in [1.82, 2.24) is 0 Å². The Kier molecular flexibility index (Phi) is 8.98. The average Bonchev–Trinajstić information content (AvgIpc) is 2.57. The van der Waals surface area contributed by atoms with Gasteiger partial charge in [0.05, 0.1) is 11.5 Å². The Morgan fingerprint density at radius 3 is 2.13 bits per heavy atom. The van der Waals surface area contributed by atoms with Crippen LogP contribution < -0.4 is 5.90 Å². The largest absolute Gasteiger partial charge is 0.478 e. The van der Waals surface area contributed by atoms with E-state index in [9.17, 15) is 9.59 Å². The zero-order chi connectivity index (χ0) is 17.1. The number of carboxylic acids is 1. The minimum atomic E-state index is -0.985. The van der Waals surface area contributed by atoms with Crippen LogP contribution in [0.1, 0.15) is 80.1 Å². The number of carbonyl (C=O) groups is 2. The number of hydrogen-bond acceptors (Lipinski definition) is 4. The highest BCUT2D eigenvalue weighted by Gasteiger charge is 2.21. The highest BCUT2D eigenvalue weighted by atomic mass is 16.7. The molecule has 0 aliphatic heterocycles. The molecular formula is C18H27NO4. The summed E-state index contributed by atoms with van der Waals surface area (Å²) in [5.74, 6) is 3.14. The van der Waals surface area contributed by atoms with Crippen molar-refractivity contribution in [1.29, 1.82) is 0 Å². The predicted molar refractivity (Wildman–Crippen MR) is 89.0 cm³/mol. The Balaban J connectivity index is 2.53. The van der Waals surface area contributed by atoms with Crippen LogP contribution in [0.15, 0.2) is 24.3 Å². The molecule has 3 N–H and O–H groups in total. The van der Waals surface area contributed by atoms with Crippen molar-refractivity contribution < 1.29 is 19.5 Å². The molecule has 0 fully saturated rings. The second kappa shape index (κ2) is 10.8. The summed E-state index contributed by atoms with van der Waals surface area (Å²) in [4.78, 5) is 27.2. The number of carbonyl (C=O) groups excluding carboxylic acids is 1. The molecular weight excluding hydrogens is 294 g/mol. The van der Waals surface area contributed by atoms with Crippen molar-refractivity contribution in [2.45, 2.75) is 64.2 Å². The van der Waals surface area contributed by atoms with Gasteiger partial charge in [-0.1, -0.05) is 64.0 Å². The van der Waals surface area contributed by atoms with Crippen LogP contribution in [0, 0.1) is 0 Å². The summed E-state index contributed by atoms with van der Waals surface area (Å²) in [6, 6.07) is 6.32. The summed E-state index contributed by atoms with van der Waals surface area (Å²) in [5, 5.41) is 8.92. The van der Waals surface area contributed by atoms with Gasteiger partial charge < -0.3 is 9.94 Å². The topological polar surface area (TPSA) is 89.6 Å². The molecule has 1 atom stereocenters. The lowest BCUT2D eigenvalue weighted by Crippen LogP contribution is -2.19. The molecule has 128 valence electrons. The van der Waals surface area contributed by atoms with E-state index >= 15 is 0 Å². The van der Waals surface area contributed by atoms with Gasteiger partial charge in [-0.2, -0.15) is 5.90 Å². The van der Waals surface area contributed by atoms with Gasteiger partial charge in [-0.3, -0.25) is 0 Å². The first-order valence-electron chi connectivity index (χ1n) is 8.34. The summed E-state index contributed by atoms with van der Waals surface area (Å²) in [5.41, 5.74) is 0.945. The lowest BCUT2D eigenvalue weighted by molar-refractivity contribution is -0.146. The van der Waals surface area contributed by atoms with Gasteiger partial charge in [0.1, 0.15) is 0 Å². The summed E-state index contributed by atoms with van der Waals surface area (Å²) in [7, 11) is 0. The molecule has 5 heteroatoms. The first-order valence-corrected chi connectivity index (χ1v) is 8.34. The molecule has 0 spiro atoms. The van der Waals surface area contributed by atoms with E-state index in [1.807, 2.05) is 0 Å². The number of carboxylic acid groups (broad SMARTS) is 1. The van der Waals surface area contributed by atoms with Crippen molar-refractivity contribution >= 4 is 11.9 Å². The Labute approximate surface area is 137 Å². The number of benzene rings is 1. The van der Waals surface area contributed by atoms with E-state index in [-0.39, 0.29) is 5.56 Å². The molecule has 0 aromatic heterocycles. The normalized spacial score (nSPS) is 11.9. The highest BCUT2D eigenvalue weighted by molar-refractivity contribution is 5.87. The maximum absolute atomic E-state index is 11.9. The molecule has 0 amide bonds. The quantitative estimate of drug-likeness (QED) is 0.474. The van der Waals surface area contributed by atoms with Gasteiger partial charge in [0.25, 0.3) is 0 Å². The maximum Gasteiger partial charge on any atom is 0.335 e. The number of hydrogen-bond donors (Lipinski definition) is 2. The van der Waals surface area contributed by atoms with Crippen LogP contribution in [-0.2, 0) is 9.63 Å². The minimum Gasteiger partial charge on any atom is -0.478 e. The fourth-order valence-electron chi connectivity index (χ4n) is 2.67. The number of rotatable bonds is 11. The van der Waals surface area contributed by atoms with E-state index in [2.05, 4.69) is 11.8 Å². The smallest absolute Gasteiger partial charge is 0.335 e. The van der Waals surface area contributed by atoms with Crippen molar-refractivity contribution in [3.05, 3.63) is 35.4 Å². The SMILES string of the molecule is CCCCCCCCCC(C(=O)ON)c1ccc(C(=O)O)cc1. The second-order valence-corrected chi connectivity index (χ2v) is 5.83. The Hall–Kier alpha value is -1.88. The zero-order valence-corrected chi connectivity index (χ0v) is 13.8. The monoisotopic (exact) mass is 321 g/mol. The van der Waals surface area contributed by atoms with Crippen molar-refractivity contribution in [3.8, 4) is 0 Å². The molecule has 0 saturated heterocycles. The number of aromatic carboxylic acids is 1. The molecule has 0 aliphatic carbocycles. The third kappa shape index (κ3) is 6.82. The third-order valence-corrected chi connectivity index (χ3v) is 4.06. The summed E-state index contributed by atoms with van der Waals surface area (Å²) in [6.07, 6.45) is 8.83. The Morgan fingerprint density at radius 2 is 1.61 bits per heavy atom. The van der Waals surface area contributed by atoms with Crippen molar-refractivity contribution in [2.24, 2.45) is 5.90 Å². The lowest BCUT2D eigenvalue weighted by atomic mass is 9.92. The van der Waals surface area contributed by atoms with Crippen LogP contribution in [0.5, 0.6) is 0 Å². The Bertz CT molecular complexity index is 484. The van der Waals surface area contributed by atoms with E-state index in [1.54, 1.807) is 12.1 Å². The van der Waals surface area contributed by atoms with Crippen molar-refractivity contribution in [2.75, 3.05) is 0 Å². The maximum atomic E-state index is 11.9. The minimum absolute atomic E-state index is 0.199. The number of unbranched alkanes of at least 4 members (excludes halogenated alkanes) is 6. The standard InChI is InChI=1S/C18H27NO4/c1-2-3-4-5-6-7-8-9-16(18(22)23-19)14-10-12-15(13-11-14)17(20)21/h10-13,16H,2-9,19H2,1H3,(H,20,21). The molecule has 1 aromatic rings. The third-order valence-electron chi connectivity index (χ3n) is 4.06. The summed E-state index contributed by atoms with van der Waals surface area (Å²) in [6.45, 7) is 2.19. The molecule has 0 saturated carbocycles. The van der Waals surface area contributed by atoms with Crippen LogP contribution in [0.3, 0.4) is 0 Å². The Morgan fingerprint density at radius 1 is 1.04 bits per heavy atom. The predicted octanol–water partition coefficient (Wildman–Crippen LogP) is 4.03. The van der Waals surface area contributed by atoms with Gasteiger partial charge in [0.2, 0.25) is 0 Å². The molecule has 0 radical (unpaired) electrons. The highest BCUT2D eigenvalue weighted by Crippen LogP contribution is 2.24. The first kappa shape index (κ1) is 19.2. The molecule has 0 bridgehead atoms. The van der Waals surface area contributed by atoms with Crippen LogP contribution in [0.25, 0.3) is 0 Å². The molecule has 1 rings (SSSR count). The molecule has 1 aromatic carbocycles. The molecule has 1 unspecified atom stereocenters. The summed E-state index contributed by atoms with van der Waals surface area (Å²) >= 11 is 0. The van der Waals surface area contributed by atoms with Crippen molar-refractivity contribution in [3.63, 3.8) is 0 Å². The van der Waals surface area contributed by atoms with E-state index in [4.69, 9.17) is 11.0 Å². The van der Waals surface area contributed by atoms with Gasteiger partial charge in [0, 0.05) is 0 Å².